The van der Waals surface area contributed by atoms with E-state index in [1.54, 1.807) is 21.6 Å². The van der Waals surface area contributed by atoms with Crippen LogP contribution in [0.2, 0.25) is 0 Å². The van der Waals surface area contributed by atoms with Crippen LogP contribution in [0, 0.1) is 16.6 Å². The van der Waals surface area contributed by atoms with Crippen LogP contribution in [-0.4, -0.2) is 62.1 Å². The van der Waals surface area contributed by atoms with Crippen LogP contribution in [0.5, 0.6) is 0 Å². The fourth-order valence-corrected chi connectivity index (χ4v) is 4.98. The molecule has 0 radical (unpaired) electrons. The van der Waals surface area contributed by atoms with Gasteiger partial charge >= 0.3 is 0 Å². The molecule has 2 aromatic heterocycles. The maximum Gasteiger partial charge on any atom is 0.225 e. The average Bonchev–Trinajstić information content (AvgIpc) is 3.41. The van der Waals surface area contributed by atoms with Gasteiger partial charge in [0, 0.05) is 45.1 Å². The van der Waals surface area contributed by atoms with Gasteiger partial charge in [0.2, 0.25) is 11.8 Å². The predicted octanol–water partition coefficient (Wildman–Crippen LogP) is 2.48. The van der Waals surface area contributed by atoms with E-state index in [2.05, 4.69) is 21.8 Å². The lowest BCUT2D eigenvalue weighted by molar-refractivity contribution is -0.139. The summed E-state index contributed by atoms with van der Waals surface area (Å²) in [5.74, 6) is 1.83. The first-order valence-corrected chi connectivity index (χ1v) is 11.8. The second-order valence-electron chi connectivity index (χ2n) is 9.02. The monoisotopic (exact) mass is 460 g/mol. The SMILES string of the molecule is CC1CCCN(C(=O)C2CCN(Cn3nc(-c4ccco4)n(CCC(N)=O)c3=S)CC2)C1. The zero-order valence-electron chi connectivity index (χ0n) is 18.6. The van der Waals surface area contributed by atoms with Crippen molar-refractivity contribution in [2.24, 2.45) is 17.6 Å². The quantitative estimate of drug-likeness (QED) is 0.637. The Labute approximate surface area is 193 Å². The smallest absolute Gasteiger partial charge is 0.225 e. The summed E-state index contributed by atoms with van der Waals surface area (Å²) in [4.78, 5) is 28.6. The number of hydrogen-bond acceptors (Lipinski definition) is 6. The molecule has 2 saturated heterocycles. The van der Waals surface area contributed by atoms with Crippen LogP contribution in [0.4, 0.5) is 0 Å². The highest BCUT2D eigenvalue weighted by Crippen LogP contribution is 2.25. The molecule has 1 atom stereocenters. The van der Waals surface area contributed by atoms with E-state index in [0.717, 1.165) is 45.4 Å². The molecular weight excluding hydrogens is 428 g/mol. The number of hydrogen-bond donors (Lipinski definition) is 1. The van der Waals surface area contributed by atoms with Crippen molar-refractivity contribution in [3.63, 3.8) is 0 Å². The summed E-state index contributed by atoms with van der Waals surface area (Å²) in [5, 5.41) is 4.67. The van der Waals surface area contributed by atoms with Gasteiger partial charge in [-0.05, 0) is 56.0 Å². The molecule has 4 heterocycles. The summed E-state index contributed by atoms with van der Waals surface area (Å²) < 4.78 is 9.61. The normalized spacial score (nSPS) is 20.5. The number of furan rings is 1. The zero-order chi connectivity index (χ0) is 22.7. The van der Waals surface area contributed by atoms with Gasteiger partial charge in [-0.2, -0.15) is 0 Å². The number of likely N-dealkylation sites (tertiary alicyclic amines) is 2. The molecule has 2 N–H and O–H groups in total. The van der Waals surface area contributed by atoms with Crippen LogP contribution in [0.3, 0.4) is 0 Å². The summed E-state index contributed by atoms with van der Waals surface area (Å²) >= 11 is 5.65. The molecule has 0 aliphatic carbocycles. The molecule has 2 aromatic rings. The zero-order valence-corrected chi connectivity index (χ0v) is 19.4. The minimum absolute atomic E-state index is 0.108. The first-order chi connectivity index (χ1) is 15.4. The number of carbonyl (C=O) groups excluding carboxylic acids is 2. The molecule has 2 aliphatic heterocycles. The Kier molecular flexibility index (Phi) is 7.10. The number of nitrogens with two attached hydrogens (primary N) is 1. The minimum atomic E-state index is -0.389. The number of rotatable bonds is 7. The summed E-state index contributed by atoms with van der Waals surface area (Å²) in [5.41, 5.74) is 5.34. The van der Waals surface area contributed by atoms with E-state index in [1.165, 1.54) is 6.42 Å². The van der Waals surface area contributed by atoms with Gasteiger partial charge in [-0.15, -0.1) is 5.10 Å². The topological polar surface area (TPSA) is 103 Å². The van der Waals surface area contributed by atoms with Crippen molar-refractivity contribution in [3.8, 4) is 11.6 Å². The standard InChI is InChI=1S/C22H32N6O3S/c1-16-4-2-9-26(14-16)21(30)17-6-10-25(11-7-17)15-28-22(32)27(12-8-19(23)29)20(24-28)18-5-3-13-31-18/h3,5,13,16-17H,2,4,6-12,14-15H2,1H3,(H2,23,29). The van der Waals surface area contributed by atoms with Gasteiger partial charge in [-0.25, -0.2) is 4.68 Å². The van der Waals surface area contributed by atoms with Gasteiger partial charge in [0.25, 0.3) is 0 Å². The lowest BCUT2D eigenvalue weighted by Gasteiger charge is -2.37. The van der Waals surface area contributed by atoms with Crippen molar-refractivity contribution in [2.75, 3.05) is 26.2 Å². The first kappa shape index (κ1) is 22.7. The number of primary amides is 1. The molecule has 2 amide bonds. The number of aromatic nitrogens is 3. The highest BCUT2D eigenvalue weighted by atomic mass is 32.1. The molecule has 0 bridgehead atoms. The van der Waals surface area contributed by atoms with Crippen LogP contribution in [0.1, 0.15) is 39.0 Å². The van der Waals surface area contributed by atoms with Crippen molar-refractivity contribution in [1.29, 1.82) is 0 Å². The van der Waals surface area contributed by atoms with E-state index >= 15 is 0 Å². The number of piperidine rings is 2. The van der Waals surface area contributed by atoms with Crippen molar-refractivity contribution in [2.45, 2.75) is 52.2 Å². The molecule has 9 nitrogen and oxygen atoms in total. The Morgan fingerprint density at radius 3 is 2.69 bits per heavy atom. The average molecular weight is 461 g/mol. The molecule has 4 rings (SSSR count). The molecule has 10 heteroatoms. The van der Waals surface area contributed by atoms with E-state index in [9.17, 15) is 9.59 Å². The summed E-state index contributed by atoms with van der Waals surface area (Å²) in [7, 11) is 0. The van der Waals surface area contributed by atoms with E-state index < -0.39 is 0 Å². The van der Waals surface area contributed by atoms with Crippen LogP contribution in [0.25, 0.3) is 11.6 Å². The molecule has 1 unspecified atom stereocenters. The van der Waals surface area contributed by atoms with Gasteiger partial charge in [-0.1, -0.05) is 6.92 Å². The Balaban J connectivity index is 1.40. The Morgan fingerprint density at radius 1 is 1.25 bits per heavy atom. The second kappa shape index (κ2) is 9.99. The van der Waals surface area contributed by atoms with Gasteiger partial charge in [0.15, 0.2) is 16.4 Å². The first-order valence-electron chi connectivity index (χ1n) is 11.4. The molecule has 0 spiro atoms. The summed E-state index contributed by atoms with van der Waals surface area (Å²) in [6.07, 6.45) is 5.79. The van der Waals surface area contributed by atoms with Crippen molar-refractivity contribution < 1.29 is 14.0 Å². The molecule has 32 heavy (non-hydrogen) atoms. The summed E-state index contributed by atoms with van der Waals surface area (Å²) in [6.45, 7) is 6.57. The highest BCUT2D eigenvalue weighted by Gasteiger charge is 2.31. The lowest BCUT2D eigenvalue weighted by Crippen LogP contribution is -2.46. The number of carbonyl (C=O) groups is 2. The maximum absolute atomic E-state index is 12.9. The van der Waals surface area contributed by atoms with Crippen molar-refractivity contribution in [1.82, 2.24) is 24.1 Å². The fourth-order valence-electron chi connectivity index (χ4n) is 4.70. The predicted molar refractivity (Wildman–Crippen MR) is 122 cm³/mol. The van der Waals surface area contributed by atoms with E-state index in [1.807, 2.05) is 6.07 Å². The Bertz CT molecular complexity index is 990. The molecule has 0 saturated carbocycles. The Hall–Kier alpha value is -2.46. The van der Waals surface area contributed by atoms with Gasteiger partial charge < -0.3 is 15.1 Å². The van der Waals surface area contributed by atoms with E-state index in [0.29, 0.717) is 41.4 Å². The van der Waals surface area contributed by atoms with Crippen LogP contribution < -0.4 is 5.73 Å². The second-order valence-corrected chi connectivity index (χ2v) is 9.38. The minimum Gasteiger partial charge on any atom is -0.461 e. The Morgan fingerprint density at radius 2 is 2.03 bits per heavy atom. The largest absolute Gasteiger partial charge is 0.461 e. The molecule has 2 aliphatic rings. The lowest BCUT2D eigenvalue weighted by atomic mass is 9.93. The molecule has 0 aromatic carbocycles. The third-order valence-corrected chi connectivity index (χ3v) is 6.92. The fraction of sp³-hybridized carbons (Fsp3) is 0.636. The summed E-state index contributed by atoms with van der Waals surface area (Å²) in [6, 6.07) is 3.61. The molecular formula is C22H32N6O3S. The van der Waals surface area contributed by atoms with Crippen LogP contribution in [-0.2, 0) is 22.8 Å². The third-order valence-electron chi connectivity index (χ3n) is 6.49. The molecule has 2 fully saturated rings. The van der Waals surface area contributed by atoms with Gasteiger partial charge in [-0.3, -0.25) is 19.1 Å². The maximum atomic E-state index is 12.9. The number of amides is 2. The van der Waals surface area contributed by atoms with Gasteiger partial charge in [0.05, 0.1) is 12.9 Å². The van der Waals surface area contributed by atoms with Gasteiger partial charge in [0.1, 0.15) is 0 Å². The van der Waals surface area contributed by atoms with E-state index in [-0.39, 0.29) is 18.2 Å². The number of nitrogens with zero attached hydrogens (tertiary/aromatic N) is 5. The van der Waals surface area contributed by atoms with Crippen LogP contribution in [0.15, 0.2) is 22.8 Å². The highest BCUT2D eigenvalue weighted by molar-refractivity contribution is 7.71. The van der Waals surface area contributed by atoms with Crippen molar-refractivity contribution in [3.05, 3.63) is 23.2 Å². The van der Waals surface area contributed by atoms with Crippen molar-refractivity contribution >= 4 is 24.0 Å². The van der Waals surface area contributed by atoms with E-state index in [4.69, 9.17) is 22.4 Å². The molecule has 174 valence electrons. The van der Waals surface area contributed by atoms with Crippen LogP contribution >= 0.6 is 12.2 Å². The third kappa shape index (κ3) is 5.12.